The maximum Gasteiger partial charge on any atom is 0.279 e. The quantitative estimate of drug-likeness (QED) is 0.748. The van der Waals surface area contributed by atoms with E-state index in [9.17, 15) is 9.59 Å². The van der Waals surface area contributed by atoms with E-state index in [1.165, 1.54) is 0 Å². The number of benzene rings is 2. The molecule has 0 bridgehead atoms. The Morgan fingerprint density at radius 2 is 1.77 bits per heavy atom. The first-order valence-electron chi connectivity index (χ1n) is 8.50. The second-order valence-corrected chi connectivity index (χ2v) is 5.92. The molecule has 0 radical (unpaired) electrons. The van der Waals surface area contributed by atoms with Crippen LogP contribution >= 0.6 is 0 Å². The first kappa shape index (κ1) is 19.3. The van der Waals surface area contributed by atoms with E-state index in [0.29, 0.717) is 17.9 Å². The minimum atomic E-state index is -0.697. The Hall–Kier alpha value is -3.02. The highest BCUT2D eigenvalue weighted by molar-refractivity contribution is 5.85. The van der Waals surface area contributed by atoms with Crippen LogP contribution in [0.3, 0.4) is 0 Å². The summed E-state index contributed by atoms with van der Waals surface area (Å²) in [4.78, 5) is 24.1. The molecule has 2 N–H and O–H groups in total. The van der Waals surface area contributed by atoms with Crippen LogP contribution in [0.1, 0.15) is 24.5 Å². The van der Waals surface area contributed by atoms with Gasteiger partial charge in [-0.1, -0.05) is 37.3 Å². The van der Waals surface area contributed by atoms with Gasteiger partial charge in [0.05, 0.1) is 0 Å². The summed E-state index contributed by atoms with van der Waals surface area (Å²) in [7, 11) is 0. The number of nitrogens with one attached hydrogen (secondary N) is 2. The third-order valence-corrected chi connectivity index (χ3v) is 3.71. The Balaban J connectivity index is 1.80. The number of carbonyl (C=O) groups is 2. The van der Waals surface area contributed by atoms with Gasteiger partial charge >= 0.3 is 0 Å². The Morgan fingerprint density at radius 1 is 1.04 bits per heavy atom. The predicted molar refractivity (Wildman–Crippen MR) is 98.8 cm³/mol. The maximum atomic E-state index is 12.2. The number of rotatable bonds is 7. The molecule has 0 heterocycles. The van der Waals surface area contributed by atoms with Gasteiger partial charge in [0.25, 0.3) is 11.8 Å². The number of hydrazine groups is 1. The van der Waals surface area contributed by atoms with Gasteiger partial charge in [-0.3, -0.25) is 20.4 Å². The molecule has 2 rings (SSSR count). The third kappa shape index (κ3) is 5.81. The van der Waals surface area contributed by atoms with Crippen molar-refractivity contribution in [3.63, 3.8) is 0 Å². The maximum absolute atomic E-state index is 12.2. The molecule has 2 aromatic rings. The lowest BCUT2D eigenvalue weighted by atomic mass is 10.1. The summed E-state index contributed by atoms with van der Waals surface area (Å²) in [6, 6.07) is 14.8. The molecule has 0 aromatic heterocycles. The van der Waals surface area contributed by atoms with E-state index in [4.69, 9.17) is 9.47 Å². The number of amides is 2. The predicted octanol–water partition coefficient (Wildman–Crippen LogP) is 2.69. The van der Waals surface area contributed by atoms with E-state index in [0.717, 1.165) is 11.1 Å². The fraction of sp³-hybridized carbons (Fsp3) is 0.300. The van der Waals surface area contributed by atoms with Crippen LogP contribution in [0.15, 0.2) is 48.5 Å². The van der Waals surface area contributed by atoms with Gasteiger partial charge in [0.2, 0.25) is 0 Å². The van der Waals surface area contributed by atoms with Gasteiger partial charge in [0, 0.05) is 0 Å². The molecule has 6 heteroatoms. The molecular weight excluding hydrogens is 332 g/mol. The van der Waals surface area contributed by atoms with Gasteiger partial charge in [-0.15, -0.1) is 0 Å². The minimum absolute atomic E-state index is 0.194. The van der Waals surface area contributed by atoms with Gasteiger partial charge in [-0.25, -0.2) is 0 Å². The van der Waals surface area contributed by atoms with Crippen LogP contribution in [0.5, 0.6) is 11.5 Å². The van der Waals surface area contributed by atoms with Gasteiger partial charge in [-0.2, -0.15) is 0 Å². The highest BCUT2D eigenvalue weighted by Crippen LogP contribution is 2.18. The summed E-state index contributed by atoms with van der Waals surface area (Å²) in [6.45, 7) is 5.49. The fourth-order valence-electron chi connectivity index (χ4n) is 2.24. The van der Waals surface area contributed by atoms with E-state index >= 15 is 0 Å². The standard InChI is InChI=1S/C20H24N2O4/c1-4-17(26-16-8-6-5-7-9-16)20(24)22-21-19(23)13-25-18-12-14(2)10-11-15(18)3/h5-12,17H,4,13H2,1-3H3,(H,21,23)(H,22,24)/t17-/m1/s1. The van der Waals surface area contributed by atoms with E-state index in [1.54, 1.807) is 12.1 Å². The Morgan fingerprint density at radius 3 is 2.46 bits per heavy atom. The number of ether oxygens (including phenoxy) is 2. The average molecular weight is 356 g/mol. The van der Waals surface area contributed by atoms with Gasteiger partial charge < -0.3 is 9.47 Å². The molecule has 138 valence electrons. The second-order valence-electron chi connectivity index (χ2n) is 5.92. The zero-order chi connectivity index (χ0) is 18.9. The Kier molecular flexibility index (Phi) is 7.02. The summed E-state index contributed by atoms with van der Waals surface area (Å²) < 4.78 is 11.1. The van der Waals surface area contributed by atoms with Crippen LogP contribution in [0.4, 0.5) is 0 Å². The third-order valence-electron chi connectivity index (χ3n) is 3.71. The van der Waals surface area contributed by atoms with Crippen molar-refractivity contribution in [1.82, 2.24) is 10.9 Å². The Labute approximate surface area is 153 Å². The smallest absolute Gasteiger partial charge is 0.279 e. The van der Waals surface area contributed by atoms with Crippen molar-refractivity contribution in [2.24, 2.45) is 0 Å². The van der Waals surface area contributed by atoms with Gasteiger partial charge in [0.1, 0.15) is 11.5 Å². The van der Waals surface area contributed by atoms with Crippen LogP contribution in [-0.4, -0.2) is 24.5 Å². The summed E-state index contributed by atoms with van der Waals surface area (Å²) in [5, 5.41) is 0. The molecule has 1 atom stereocenters. The molecular formula is C20H24N2O4. The van der Waals surface area contributed by atoms with Crippen LogP contribution in [-0.2, 0) is 9.59 Å². The van der Waals surface area contributed by atoms with Crippen LogP contribution in [0.2, 0.25) is 0 Å². The average Bonchev–Trinajstić information content (AvgIpc) is 2.65. The van der Waals surface area contributed by atoms with Crippen molar-refractivity contribution in [2.75, 3.05) is 6.61 Å². The van der Waals surface area contributed by atoms with Crippen LogP contribution < -0.4 is 20.3 Å². The first-order valence-corrected chi connectivity index (χ1v) is 8.50. The minimum Gasteiger partial charge on any atom is -0.483 e. The van der Waals surface area contributed by atoms with E-state index in [2.05, 4.69) is 10.9 Å². The van der Waals surface area contributed by atoms with Crippen LogP contribution in [0, 0.1) is 13.8 Å². The second kappa shape index (κ2) is 9.46. The number of carbonyl (C=O) groups excluding carboxylic acids is 2. The first-order chi connectivity index (χ1) is 12.5. The monoisotopic (exact) mass is 356 g/mol. The molecule has 0 saturated carbocycles. The molecule has 0 spiro atoms. The van der Waals surface area contributed by atoms with Gasteiger partial charge in [-0.05, 0) is 49.6 Å². The molecule has 0 aliphatic rings. The molecule has 0 unspecified atom stereocenters. The zero-order valence-corrected chi connectivity index (χ0v) is 15.2. The molecule has 2 aromatic carbocycles. The molecule has 0 aliphatic heterocycles. The molecule has 0 aliphatic carbocycles. The van der Waals surface area contributed by atoms with E-state index in [-0.39, 0.29) is 6.61 Å². The lowest BCUT2D eigenvalue weighted by Gasteiger charge is -2.17. The van der Waals surface area contributed by atoms with Crippen LogP contribution in [0.25, 0.3) is 0 Å². The number of hydrogen-bond donors (Lipinski definition) is 2. The molecule has 26 heavy (non-hydrogen) atoms. The number of para-hydroxylation sites is 1. The van der Waals surface area contributed by atoms with Crippen molar-refractivity contribution in [3.05, 3.63) is 59.7 Å². The van der Waals surface area contributed by atoms with E-state index in [1.807, 2.05) is 57.2 Å². The van der Waals surface area contributed by atoms with Crippen molar-refractivity contribution >= 4 is 11.8 Å². The highest BCUT2D eigenvalue weighted by Gasteiger charge is 2.19. The van der Waals surface area contributed by atoms with Crippen molar-refractivity contribution in [3.8, 4) is 11.5 Å². The van der Waals surface area contributed by atoms with Crippen molar-refractivity contribution in [2.45, 2.75) is 33.3 Å². The zero-order valence-electron chi connectivity index (χ0n) is 15.2. The summed E-state index contributed by atoms with van der Waals surface area (Å²) in [6.07, 6.45) is -0.229. The summed E-state index contributed by atoms with van der Waals surface area (Å²) in [5.41, 5.74) is 6.70. The van der Waals surface area contributed by atoms with Crippen molar-refractivity contribution in [1.29, 1.82) is 0 Å². The topological polar surface area (TPSA) is 76.7 Å². The lowest BCUT2D eigenvalue weighted by molar-refractivity contribution is -0.134. The largest absolute Gasteiger partial charge is 0.483 e. The fourth-order valence-corrected chi connectivity index (χ4v) is 2.24. The molecule has 2 amide bonds. The lowest BCUT2D eigenvalue weighted by Crippen LogP contribution is -2.49. The van der Waals surface area contributed by atoms with Gasteiger partial charge in [0.15, 0.2) is 12.7 Å². The summed E-state index contributed by atoms with van der Waals surface area (Å²) in [5.74, 6) is 0.370. The molecule has 0 fully saturated rings. The van der Waals surface area contributed by atoms with E-state index < -0.39 is 17.9 Å². The number of aryl methyl sites for hydroxylation is 2. The highest BCUT2D eigenvalue weighted by atomic mass is 16.5. The number of hydrogen-bond acceptors (Lipinski definition) is 4. The molecule has 6 nitrogen and oxygen atoms in total. The SMILES string of the molecule is CC[C@@H](Oc1ccccc1)C(=O)NNC(=O)COc1cc(C)ccc1C. The summed E-state index contributed by atoms with van der Waals surface area (Å²) >= 11 is 0. The van der Waals surface area contributed by atoms with Crippen molar-refractivity contribution < 1.29 is 19.1 Å². The molecule has 0 saturated heterocycles. The Bertz CT molecular complexity index is 747. The normalized spacial score (nSPS) is 11.3.